The van der Waals surface area contributed by atoms with Gasteiger partial charge in [-0.25, -0.2) is 0 Å². The summed E-state index contributed by atoms with van der Waals surface area (Å²) in [4.78, 5) is 0. The van der Waals surface area contributed by atoms with Crippen LogP contribution in [0.15, 0.2) is 0 Å². The van der Waals surface area contributed by atoms with Crippen LogP contribution in [-0.4, -0.2) is 31.0 Å². The van der Waals surface area contributed by atoms with E-state index in [-0.39, 0.29) is 12.2 Å². The molecule has 0 aliphatic heterocycles. The van der Waals surface area contributed by atoms with Crippen molar-refractivity contribution < 1.29 is 17.9 Å². The largest absolute Gasteiger partial charge is 0.391 e. The molecule has 0 aromatic rings. The minimum absolute atomic E-state index is 0.204. The molecule has 0 atom stereocenters. The first-order valence-electron chi connectivity index (χ1n) is 7.33. The molecule has 2 aliphatic rings. The first kappa shape index (κ1) is 15.1. The fourth-order valence-electron chi connectivity index (χ4n) is 2.66. The number of rotatable bonds is 6. The van der Waals surface area contributed by atoms with Crippen molar-refractivity contribution in [3.8, 4) is 0 Å². The Morgan fingerprint density at radius 3 is 2.32 bits per heavy atom. The van der Waals surface area contributed by atoms with Crippen LogP contribution in [0, 0.1) is 5.92 Å². The number of nitrogens with one attached hydrogen (secondary N) is 1. The minimum atomic E-state index is -4.12. The molecule has 2 rings (SSSR count). The van der Waals surface area contributed by atoms with Crippen LogP contribution in [0.4, 0.5) is 13.2 Å². The molecular formula is C14H24F3NO. The first-order valence-corrected chi connectivity index (χ1v) is 7.33. The minimum Gasteiger partial charge on any atom is -0.373 e. The van der Waals surface area contributed by atoms with E-state index in [2.05, 4.69) is 12.2 Å². The summed E-state index contributed by atoms with van der Waals surface area (Å²) in [5, 5.41) is 3.42. The number of alkyl halides is 3. The fourth-order valence-corrected chi connectivity index (χ4v) is 2.66. The maximum Gasteiger partial charge on any atom is 0.391 e. The Bertz CT molecular complexity index is 281. The zero-order valence-electron chi connectivity index (χ0n) is 11.6. The van der Waals surface area contributed by atoms with Gasteiger partial charge in [0.05, 0.1) is 18.6 Å². The molecule has 2 fully saturated rings. The summed E-state index contributed by atoms with van der Waals surface area (Å²) >= 11 is 0. The summed E-state index contributed by atoms with van der Waals surface area (Å²) in [6.07, 6.45) is 1.29. The summed E-state index contributed by atoms with van der Waals surface area (Å²) in [6.45, 7) is 2.71. The third-order valence-electron chi connectivity index (χ3n) is 4.27. The van der Waals surface area contributed by atoms with Gasteiger partial charge in [-0.05, 0) is 44.4 Å². The van der Waals surface area contributed by atoms with Crippen LogP contribution < -0.4 is 5.32 Å². The Morgan fingerprint density at radius 1 is 1.16 bits per heavy atom. The quantitative estimate of drug-likeness (QED) is 0.801. The monoisotopic (exact) mass is 279 g/mol. The van der Waals surface area contributed by atoms with Crippen LogP contribution in [0.5, 0.6) is 0 Å². The Morgan fingerprint density at radius 2 is 1.79 bits per heavy atom. The van der Waals surface area contributed by atoms with Crippen molar-refractivity contribution in [3.05, 3.63) is 0 Å². The van der Waals surface area contributed by atoms with Crippen molar-refractivity contribution >= 4 is 0 Å². The lowest BCUT2D eigenvalue weighted by molar-refractivity contribution is -0.163. The van der Waals surface area contributed by atoms with Crippen LogP contribution in [-0.2, 0) is 4.74 Å². The molecule has 0 radical (unpaired) electrons. The van der Waals surface area contributed by atoms with E-state index in [1.807, 2.05) is 0 Å². The topological polar surface area (TPSA) is 21.3 Å². The summed E-state index contributed by atoms with van der Waals surface area (Å²) < 4.78 is 42.4. The lowest BCUT2D eigenvalue weighted by atomic mass is 9.79. The highest BCUT2D eigenvalue weighted by Gasteiger charge is 2.38. The van der Waals surface area contributed by atoms with Crippen LogP contribution in [0.2, 0.25) is 0 Å². The molecule has 19 heavy (non-hydrogen) atoms. The van der Waals surface area contributed by atoms with Gasteiger partial charge in [-0.1, -0.05) is 6.92 Å². The number of hydrogen-bond donors (Lipinski definition) is 1. The van der Waals surface area contributed by atoms with Gasteiger partial charge in [0.1, 0.15) is 0 Å². The maximum absolute atomic E-state index is 12.2. The highest BCUT2D eigenvalue weighted by atomic mass is 19.4. The van der Waals surface area contributed by atoms with E-state index >= 15 is 0 Å². The second kappa shape index (κ2) is 6.00. The molecule has 0 bridgehead atoms. The molecular weight excluding hydrogens is 255 g/mol. The van der Waals surface area contributed by atoms with Gasteiger partial charge in [-0.2, -0.15) is 13.2 Å². The highest BCUT2D eigenvalue weighted by molar-refractivity contribution is 4.92. The fraction of sp³-hybridized carbons (Fsp3) is 1.00. The lowest BCUT2D eigenvalue weighted by Crippen LogP contribution is -2.46. The molecule has 2 aliphatic carbocycles. The smallest absolute Gasteiger partial charge is 0.373 e. The van der Waals surface area contributed by atoms with E-state index in [0.29, 0.717) is 18.5 Å². The average molecular weight is 279 g/mol. The summed E-state index contributed by atoms with van der Waals surface area (Å²) in [7, 11) is 0. The van der Waals surface area contributed by atoms with Crippen LogP contribution in [0.3, 0.4) is 0 Å². The zero-order valence-corrected chi connectivity index (χ0v) is 11.6. The second-order valence-electron chi connectivity index (χ2n) is 6.23. The predicted octanol–water partition coefficient (Wildman–Crippen LogP) is 3.66. The summed E-state index contributed by atoms with van der Waals surface area (Å²) in [5.41, 5.74) is -0.361. The van der Waals surface area contributed by atoms with Gasteiger partial charge in [0.25, 0.3) is 0 Å². The van der Waals surface area contributed by atoms with Crippen molar-refractivity contribution in [1.82, 2.24) is 5.32 Å². The Balaban J connectivity index is 1.81. The standard InChI is InChI=1S/C14H24F3NO/c1-11-4-6-13(7-5-11,10-18-12-2-3-12)19-9-8-14(15,16)17/h11-12,18H,2-10H2,1H3. The van der Waals surface area contributed by atoms with Gasteiger partial charge in [0.2, 0.25) is 0 Å². The number of halogens is 3. The Labute approximate surface area is 113 Å². The normalized spacial score (nSPS) is 32.5. The molecule has 0 heterocycles. The second-order valence-corrected chi connectivity index (χ2v) is 6.23. The molecule has 2 saturated carbocycles. The van der Waals surface area contributed by atoms with E-state index in [4.69, 9.17) is 4.74 Å². The molecule has 0 aromatic carbocycles. The average Bonchev–Trinajstić information content (AvgIpc) is 3.13. The van der Waals surface area contributed by atoms with Gasteiger partial charge in [0, 0.05) is 12.6 Å². The van der Waals surface area contributed by atoms with Crippen molar-refractivity contribution in [2.45, 2.75) is 69.7 Å². The molecule has 0 unspecified atom stereocenters. The number of ether oxygens (including phenoxy) is 1. The van der Waals surface area contributed by atoms with Gasteiger partial charge >= 0.3 is 6.18 Å². The van der Waals surface area contributed by atoms with E-state index in [9.17, 15) is 13.2 Å². The SMILES string of the molecule is CC1CCC(CNC2CC2)(OCCC(F)(F)F)CC1. The summed E-state index contributed by atoms with van der Waals surface area (Å²) in [5.74, 6) is 0.667. The van der Waals surface area contributed by atoms with Crippen molar-refractivity contribution in [2.75, 3.05) is 13.2 Å². The predicted molar refractivity (Wildman–Crippen MR) is 68.0 cm³/mol. The maximum atomic E-state index is 12.2. The van der Waals surface area contributed by atoms with E-state index < -0.39 is 12.6 Å². The Kier molecular flexibility index (Phi) is 4.77. The van der Waals surface area contributed by atoms with Crippen molar-refractivity contribution in [3.63, 3.8) is 0 Å². The van der Waals surface area contributed by atoms with Crippen LogP contribution >= 0.6 is 0 Å². The van der Waals surface area contributed by atoms with Crippen molar-refractivity contribution in [1.29, 1.82) is 0 Å². The third kappa shape index (κ3) is 5.30. The highest BCUT2D eigenvalue weighted by Crippen LogP contribution is 2.36. The van der Waals surface area contributed by atoms with Gasteiger partial charge in [-0.15, -0.1) is 0 Å². The molecule has 0 saturated heterocycles. The molecule has 0 aromatic heterocycles. The molecule has 1 N–H and O–H groups in total. The zero-order chi connectivity index (χ0) is 13.9. The van der Waals surface area contributed by atoms with Gasteiger partial charge in [0.15, 0.2) is 0 Å². The molecule has 0 spiro atoms. The van der Waals surface area contributed by atoms with Crippen LogP contribution in [0.25, 0.3) is 0 Å². The summed E-state index contributed by atoms with van der Waals surface area (Å²) in [6, 6.07) is 0.572. The van der Waals surface area contributed by atoms with Gasteiger partial charge in [-0.3, -0.25) is 0 Å². The molecule has 0 amide bonds. The van der Waals surface area contributed by atoms with E-state index in [0.717, 1.165) is 25.7 Å². The van der Waals surface area contributed by atoms with E-state index in [1.54, 1.807) is 0 Å². The van der Waals surface area contributed by atoms with Crippen LogP contribution in [0.1, 0.15) is 51.9 Å². The van der Waals surface area contributed by atoms with Gasteiger partial charge < -0.3 is 10.1 Å². The lowest BCUT2D eigenvalue weighted by Gasteiger charge is -2.40. The molecule has 2 nitrogen and oxygen atoms in total. The first-order chi connectivity index (χ1) is 8.89. The molecule has 112 valence electrons. The Hall–Kier alpha value is -0.290. The number of hydrogen-bond acceptors (Lipinski definition) is 2. The van der Waals surface area contributed by atoms with Crippen molar-refractivity contribution in [2.24, 2.45) is 5.92 Å². The third-order valence-corrected chi connectivity index (χ3v) is 4.27. The van der Waals surface area contributed by atoms with E-state index in [1.165, 1.54) is 12.8 Å². The molecule has 5 heteroatoms.